The van der Waals surface area contributed by atoms with E-state index in [4.69, 9.17) is 0 Å². The standard InChI is InChI=1S/C12H17BrN2O2S/c1-8-5-10(13)12-11(6-8)18(16,17)7-9(15-12)3-4-14-2/h5-6,9,14-15H,3-4,7H2,1-2H3. The first kappa shape index (κ1) is 13.8. The molecule has 0 saturated carbocycles. The van der Waals surface area contributed by atoms with Crippen LogP contribution < -0.4 is 10.6 Å². The van der Waals surface area contributed by atoms with E-state index in [-0.39, 0.29) is 11.8 Å². The second-order valence-corrected chi connectivity index (χ2v) is 7.49. The first-order chi connectivity index (χ1) is 8.44. The maximum atomic E-state index is 12.3. The number of hydrogen-bond acceptors (Lipinski definition) is 4. The molecule has 1 aliphatic heterocycles. The highest BCUT2D eigenvalue weighted by Gasteiger charge is 2.31. The zero-order valence-corrected chi connectivity index (χ0v) is 12.9. The van der Waals surface area contributed by atoms with Crippen molar-refractivity contribution >= 4 is 31.5 Å². The number of hydrogen-bond donors (Lipinski definition) is 2. The van der Waals surface area contributed by atoms with Crippen LogP contribution in [0.5, 0.6) is 0 Å². The fourth-order valence-electron chi connectivity index (χ4n) is 2.17. The molecule has 1 atom stereocenters. The Balaban J connectivity index is 2.41. The average Bonchev–Trinajstić information content (AvgIpc) is 2.27. The van der Waals surface area contributed by atoms with Crippen molar-refractivity contribution in [1.82, 2.24) is 5.32 Å². The van der Waals surface area contributed by atoms with Gasteiger partial charge in [0.25, 0.3) is 0 Å². The van der Waals surface area contributed by atoms with Crippen LogP contribution in [0.15, 0.2) is 21.5 Å². The quantitative estimate of drug-likeness (QED) is 0.888. The molecule has 1 aromatic carbocycles. The molecule has 1 heterocycles. The summed E-state index contributed by atoms with van der Waals surface area (Å²) < 4.78 is 25.4. The summed E-state index contributed by atoms with van der Waals surface area (Å²) in [5.74, 6) is 0.164. The molecule has 2 rings (SSSR count). The van der Waals surface area contributed by atoms with Crippen LogP contribution in [0.3, 0.4) is 0 Å². The van der Waals surface area contributed by atoms with Gasteiger partial charge in [-0.25, -0.2) is 8.42 Å². The predicted octanol–water partition coefficient (Wildman–Crippen LogP) is 1.93. The van der Waals surface area contributed by atoms with Gasteiger partial charge in [0.05, 0.1) is 16.3 Å². The molecule has 0 bridgehead atoms. The smallest absolute Gasteiger partial charge is 0.182 e. The molecular formula is C12H17BrN2O2S. The lowest BCUT2D eigenvalue weighted by Gasteiger charge is -2.28. The van der Waals surface area contributed by atoms with Crippen molar-refractivity contribution in [2.45, 2.75) is 24.3 Å². The number of anilines is 1. The Morgan fingerprint density at radius 2 is 2.22 bits per heavy atom. The molecule has 1 unspecified atom stereocenters. The first-order valence-electron chi connectivity index (χ1n) is 5.88. The van der Waals surface area contributed by atoms with Crippen LogP contribution >= 0.6 is 15.9 Å². The Morgan fingerprint density at radius 3 is 2.89 bits per heavy atom. The molecule has 4 nitrogen and oxygen atoms in total. The predicted molar refractivity (Wildman–Crippen MR) is 76.9 cm³/mol. The third-order valence-electron chi connectivity index (χ3n) is 3.05. The van der Waals surface area contributed by atoms with Gasteiger partial charge in [0.15, 0.2) is 9.84 Å². The molecule has 0 spiro atoms. The van der Waals surface area contributed by atoms with E-state index >= 15 is 0 Å². The number of aryl methyl sites for hydroxylation is 1. The van der Waals surface area contributed by atoms with Gasteiger partial charge in [-0.1, -0.05) is 0 Å². The molecule has 0 amide bonds. The minimum Gasteiger partial charge on any atom is -0.379 e. The van der Waals surface area contributed by atoms with Crippen LogP contribution in [0, 0.1) is 6.92 Å². The van der Waals surface area contributed by atoms with E-state index < -0.39 is 9.84 Å². The lowest BCUT2D eigenvalue weighted by Crippen LogP contribution is -2.36. The summed E-state index contributed by atoms with van der Waals surface area (Å²) in [5, 5.41) is 6.36. The van der Waals surface area contributed by atoms with Crippen molar-refractivity contribution in [2.75, 3.05) is 24.7 Å². The zero-order valence-electron chi connectivity index (χ0n) is 10.5. The first-order valence-corrected chi connectivity index (χ1v) is 8.32. The summed E-state index contributed by atoms with van der Waals surface area (Å²) in [6, 6.07) is 3.63. The van der Waals surface area contributed by atoms with E-state index in [0.29, 0.717) is 10.6 Å². The van der Waals surface area contributed by atoms with E-state index in [9.17, 15) is 8.42 Å². The third-order valence-corrected chi connectivity index (χ3v) is 5.50. The number of sulfone groups is 1. The molecule has 0 fully saturated rings. The normalized spacial score (nSPS) is 21.2. The SMILES string of the molecule is CNCCC1CS(=O)(=O)c2cc(C)cc(Br)c2N1. The van der Waals surface area contributed by atoms with Crippen molar-refractivity contribution in [3.05, 3.63) is 22.2 Å². The molecule has 18 heavy (non-hydrogen) atoms. The highest BCUT2D eigenvalue weighted by Crippen LogP contribution is 2.36. The monoisotopic (exact) mass is 332 g/mol. The summed E-state index contributed by atoms with van der Waals surface area (Å²) in [7, 11) is -1.32. The van der Waals surface area contributed by atoms with Crippen LogP contribution in [-0.4, -0.2) is 33.8 Å². The van der Waals surface area contributed by atoms with Gasteiger partial charge in [-0.05, 0) is 60.6 Å². The van der Waals surface area contributed by atoms with Crippen LogP contribution in [0.4, 0.5) is 5.69 Å². The number of halogens is 1. The molecule has 0 saturated heterocycles. The lowest BCUT2D eigenvalue weighted by atomic mass is 10.2. The van der Waals surface area contributed by atoms with Crippen LogP contribution in [0.1, 0.15) is 12.0 Å². The number of benzene rings is 1. The number of rotatable bonds is 3. The fourth-order valence-corrected chi connectivity index (χ4v) is 4.80. The van der Waals surface area contributed by atoms with Gasteiger partial charge in [0, 0.05) is 10.5 Å². The van der Waals surface area contributed by atoms with Crippen molar-refractivity contribution in [3.8, 4) is 0 Å². The molecule has 1 aliphatic rings. The largest absolute Gasteiger partial charge is 0.379 e. The van der Waals surface area contributed by atoms with Crippen molar-refractivity contribution in [2.24, 2.45) is 0 Å². The Morgan fingerprint density at radius 1 is 1.50 bits per heavy atom. The Kier molecular flexibility index (Phi) is 3.99. The third kappa shape index (κ3) is 2.70. The van der Waals surface area contributed by atoms with Crippen LogP contribution in [-0.2, 0) is 9.84 Å². The molecule has 0 aromatic heterocycles. The van der Waals surface area contributed by atoms with E-state index in [0.717, 1.165) is 23.0 Å². The second-order valence-electron chi connectivity index (χ2n) is 4.63. The molecule has 6 heteroatoms. The fraction of sp³-hybridized carbons (Fsp3) is 0.500. The van der Waals surface area contributed by atoms with Crippen LogP contribution in [0.2, 0.25) is 0 Å². The van der Waals surface area contributed by atoms with E-state index in [2.05, 4.69) is 26.6 Å². The summed E-state index contributed by atoms with van der Waals surface area (Å²) in [6.07, 6.45) is 0.787. The van der Waals surface area contributed by atoms with Gasteiger partial charge in [0.2, 0.25) is 0 Å². The summed E-state index contributed by atoms with van der Waals surface area (Å²) in [4.78, 5) is 0.412. The number of fused-ring (bicyclic) bond motifs is 1. The molecule has 100 valence electrons. The van der Waals surface area contributed by atoms with Gasteiger partial charge < -0.3 is 10.6 Å². The van der Waals surface area contributed by atoms with Crippen molar-refractivity contribution in [3.63, 3.8) is 0 Å². The minimum absolute atomic E-state index is 0.0334. The average molecular weight is 333 g/mol. The summed E-state index contributed by atoms with van der Waals surface area (Å²) in [5.41, 5.74) is 1.65. The van der Waals surface area contributed by atoms with Gasteiger partial charge >= 0.3 is 0 Å². The minimum atomic E-state index is -3.19. The lowest BCUT2D eigenvalue weighted by molar-refractivity contribution is 0.575. The molecule has 2 N–H and O–H groups in total. The topological polar surface area (TPSA) is 58.2 Å². The Hall–Kier alpha value is -0.590. The van der Waals surface area contributed by atoms with Gasteiger partial charge in [0.1, 0.15) is 0 Å². The van der Waals surface area contributed by atoms with E-state index in [1.165, 1.54) is 0 Å². The maximum absolute atomic E-state index is 12.3. The van der Waals surface area contributed by atoms with Gasteiger partial charge in [-0.3, -0.25) is 0 Å². The highest BCUT2D eigenvalue weighted by atomic mass is 79.9. The summed E-state index contributed by atoms with van der Waals surface area (Å²) >= 11 is 3.44. The van der Waals surface area contributed by atoms with E-state index in [1.54, 1.807) is 6.07 Å². The molecular weight excluding hydrogens is 316 g/mol. The Bertz CT molecular complexity index is 557. The van der Waals surface area contributed by atoms with Crippen LogP contribution in [0.25, 0.3) is 0 Å². The number of nitrogens with one attached hydrogen (secondary N) is 2. The molecule has 1 aromatic rings. The van der Waals surface area contributed by atoms with Crippen molar-refractivity contribution < 1.29 is 8.42 Å². The highest BCUT2D eigenvalue weighted by molar-refractivity contribution is 9.10. The second kappa shape index (κ2) is 5.19. The van der Waals surface area contributed by atoms with E-state index in [1.807, 2.05) is 20.0 Å². The van der Waals surface area contributed by atoms with Crippen molar-refractivity contribution in [1.29, 1.82) is 0 Å². The Labute approximate surface area is 116 Å². The molecule has 0 radical (unpaired) electrons. The van der Waals surface area contributed by atoms with Gasteiger partial charge in [-0.15, -0.1) is 0 Å². The van der Waals surface area contributed by atoms with Gasteiger partial charge in [-0.2, -0.15) is 0 Å². The zero-order chi connectivity index (χ0) is 13.3. The maximum Gasteiger partial charge on any atom is 0.182 e. The molecule has 0 aliphatic carbocycles. The summed E-state index contributed by atoms with van der Waals surface area (Å²) in [6.45, 7) is 2.69.